The van der Waals surface area contributed by atoms with Crippen LogP contribution in [0.15, 0.2) is 24.3 Å². The van der Waals surface area contributed by atoms with Gasteiger partial charge in [-0.05, 0) is 24.5 Å². The fraction of sp³-hybridized carbons (Fsp3) is 0.529. The van der Waals surface area contributed by atoms with Crippen molar-refractivity contribution in [3.05, 3.63) is 29.3 Å². The molecule has 23 heavy (non-hydrogen) atoms. The maximum atomic E-state index is 12.7. The van der Waals surface area contributed by atoms with Gasteiger partial charge in [0, 0.05) is 13.6 Å². The molecule has 0 bridgehead atoms. The van der Waals surface area contributed by atoms with Crippen molar-refractivity contribution in [1.82, 2.24) is 4.90 Å². The highest BCUT2D eigenvalue weighted by Crippen LogP contribution is 2.30. The van der Waals surface area contributed by atoms with E-state index in [1.165, 1.54) is 4.90 Å². The van der Waals surface area contributed by atoms with Crippen LogP contribution in [0.5, 0.6) is 0 Å². The molecule has 2 N–H and O–H groups in total. The number of halogens is 1. The summed E-state index contributed by atoms with van der Waals surface area (Å²) >= 11 is 6.18. The van der Waals surface area contributed by atoms with Crippen LogP contribution in [0.25, 0.3) is 0 Å². The third kappa shape index (κ3) is 3.51. The van der Waals surface area contributed by atoms with E-state index in [9.17, 15) is 9.59 Å². The largest absolute Gasteiger partial charge is 0.332 e. The van der Waals surface area contributed by atoms with E-state index < -0.39 is 12.1 Å². The molecule has 0 saturated carbocycles. The summed E-state index contributed by atoms with van der Waals surface area (Å²) in [6.45, 7) is 4.49. The average molecular weight is 338 g/mol. The van der Waals surface area contributed by atoms with Crippen molar-refractivity contribution in [3.8, 4) is 0 Å². The summed E-state index contributed by atoms with van der Waals surface area (Å²) in [6, 6.07) is 6.18. The van der Waals surface area contributed by atoms with Crippen LogP contribution in [0, 0.1) is 5.92 Å². The number of hydrogen-bond acceptors (Lipinski definition) is 3. The Morgan fingerprint density at radius 1 is 1.48 bits per heavy atom. The molecule has 1 fully saturated rings. The number of carbonyl (C=O) groups excluding carboxylic acids is 2. The van der Waals surface area contributed by atoms with E-state index in [0.717, 1.165) is 6.42 Å². The van der Waals surface area contributed by atoms with Crippen LogP contribution >= 0.6 is 11.6 Å². The number of para-hydroxylation sites is 1. The highest BCUT2D eigenvalue weighted by Gasteiger charge is 2.39. The molecule has 0 aliphatic carbocycles. The zero-order chi connectivity index (χ0) is 17.1. The second-order valence-corrected chi connectivity index (χ2v) is 6.51. The standard InChI is InChI=1S/C17H24ClN3O2/c1-4-11(2)15(19)17(23)20(3)14-9-10-21(16(14)22)13-8-6-5-7-12(13)18/h5-8,11,14-15H,4,9-10,19H2,1-3H3. The number of carbonyl (C=O) groups is 2. The number of rotatable bonds is 5. The van der Waals surface area contributed by atoms with Crippen LogP contribution in [-0.2, 0) is 9.59 Å². The molecule has 2 rings (SSSR count). The molecule has 2 amide bonds. The van der Waals surface area contributed by atoms with E-state index in [1.54, 1.807) is 18.0 Å². The Kier molecular flexibility index (Phi) is 5.65. The van der Waals surface area contributed by atoms with Gasteiger partial charge in [0.15, 0.2) is 0 Å². The van der Waals surface area contributed by atoms with Crippen molar-refractivity contribution in [3.63, 3.8) is 0 Å². The van der Waals surface area contributed by atoms with Gasteiger partial charge in [-0.2, -0.15) is 0 Å². The number of likely N-dealkylation sites (N-methyl/N-ethyl adjacent to an activating group) is 1. The second-order valence-electron chi connectivity index (χ2n) is 6.11. The molecule has 1 aromatic rings. The summed E-state index contributed by atoms with van der Waals surface area (Å²) in [6.07, 6.45) is 1.41. The van der Waals surface area contributed by atoms with Gasteiger partial charge < -0.3 is 15.5 Å². The quantitative estimate of drug-likeness (QED) is 0.896. The van der Waals surface area contributed by atoms with E-state index in [0.29, 0.717) is 23.7 Å². The molecular formula is C17H24ClN3O2. The van der Waals surface area contributed by atoms with Crippen LogP contribution < -0.4 is 10.6 Å². The molecule has 3 atom stereocenters. The maximum absolute atomic E-state index is 12.7. The predicted octanol–water partition coefficient (Wildman–Crippen LogP) is 2.28. The fourth-order valence-corrected chi connectivity index (χ4v) is 3.06. The lowest BCUT2D eigenvalue weighted by Gasteiger charge is -2.28. The Morgan fingerprint density at radius 2 is 2.13 bits per heavy atom. The van der Waals surface area contributed by atoms with Crippen molar-refractivity contribution < 1.29 is 9.59 Å². The third-order valence-corrected chi connectivity index (χ3v) is 5.00. The lowest BCUT2D eigenvalue weighted by Crippen LogP contribution is -2.51. The minimum Gasteiger partial charge on any atom is -0.332 e. The minimum absolute atomic E-state index is 0.0844. The molecule has 1 saturated heterocycles. The minimum atomic E-state index is -0.577. The lowest BCUT2D eigenvalue weighted by molar-refractivity contribution is -0.138. The zero-order valence-corrected chi connectivity index (χ0v) is 14.6. The topological polar surface area (TPSA) is 66.6 Å². The first kappa shape index (κ1) is 17.8. The lowest BCUT2D eigenvalue weighted by atomic mass is 9.98. The summed E-state index contributed by atoms with van der Waals surface area (Å²) in [5, 5.41) is 0.534. The number of benzene rings is 1. The summed E-state index contributed by atoms with van der Waals surface area (Å²) in [4.78, 5) is 28.3. The predicted molar refractivity (Wildman–Crippen MR) is 92.4 cm³/mol. The number of amides is 2. The third-order valence-electron chi connectivity index (χ3n) is 4.68. The summed E-state index contributed by atoms with van der Waals surface area (Å²) < 4.78 is 0. The van der Waals surface area contributed by atoms with Crippen molar-refractivity contribution in [2.75, 3.05) is 18.5 Å². The van der Waals surface area contributed by atoms with E-state index in [2.05, 4.69) is 0 Å². The molecule has 3 unspecified atom stereocenters. The maximum Gasteiger partial charge on any atom is 0.249 e. The Hall–Kier alpha value is -1.59. The first-order valence-electron chi connectivity index (χ1n) is 7.96. The van der Waals surface area contributed by atoms with Gasteiger partial charge in [-0.1, -0.05) is 44.0 Å². The number of nitrogens with two attached hydrogens (primary N) is 1. The smallest absolute Gasteiger partial charge is 0.249 e. The Labute approximate surface area is 142 Å². The van der Waals surface area contributed by atoms with Gasteiger partial charge in [0.25, 0.3) is 0 Å². The van der Waals surface area contributed by atoms with Gasteiger partial charge in [0.05, 0.1) is 16.8 Å². The van der Waals surface area contributed by atoms with Gasteiger partial charge in [-0.15, -0.1) is 0 Å². The molecule has 1 heterocycles. The van der Waals surface area contributed by atoms with Crippen LogP contribution in [0.3, 0.4) is 0 Å². The van der Waals surface area contributed by atoms with Crippen molar-refractivity contribution >= 4 is 29.1 Å². The second kappa shape index (κ2) is 7.32. The van der Waals surface area contributed by atoms with Crippen LogP contribution in [0.1, 0.15) is 26.7 Å². The molecule has 0 radical (unpaired) electrons. The van der Waals surface area contributed by atoms with Crippen LogP contribution in [0.2, 0.25) is 5.02 Å². The molecule has 0 spiro atoms. The SMILES string of the molecule is CCC(C)C(N)C(=O)N(C)C1CCN(c2ccccc2Cl)C1=O. The fourth-order valence-electron chi connectivity index (χ4n) is 2.82. The Balaban J connectivity index is 2.12. The normalized spacial score (nSPS) is 20.5. The average Bonchev–Trinajstić information content (AvgIpc) is 2.93. The highest BCUT2D eigenvalue weighted by atomic mass is 35.5. The van der Waals surface area contributed by atoms with Gasteiger partial charge in [0.2, 0.25) is 11.8 Å². The van der Waals surface area contributed by atoms with E-state index >= 15 is 0 Å². The van der Waals surface area contributed by atoms with Crippen molar-refractivity contribution in [2.24, 2.45) is 11.7 Å². The molecule has 1 aliphatic heterocycles. The van der Waals surface area contributed by atoms with Crippen molar-refractivity contribution in [1.29, 1.82) is 0 Å². The van der Waals surface area contributed by atoms with Crippen molar-refractivity contribution in [2.45, 2.75) is 38.8 Å². The molecule has 6 heteroatoms. The molecule has 0 aromatic heterocycles. The summed E-state index contributed by atoms with van der Waals surface area (Å²) in [5.74, 6) is -0.204. The van der Waals surface area contributed by atoms with Gasteiger partial charge in [-0.3, -0.25) is 9.59 Å². The van der Waals surface area contributed by atoms with E-state index in [-0.39, 0.29) is 17.7 Å². The van der Waals surface area contributed by atoms with Gasteiger partial charge >= 0.3 is 0 Å². The Bertz CT molecular complexity index is 593. The summed E-state index contributed by atoms with van der Waals surface area (Å²) in [5.41, 5.74) is 6.71. The van der Waals surface area contributed by atoms with Crippen LogP contribution in [0.4, 0.5) is 5.69 Å². The number of anilines is 1. The highest BCUT2D eigenvalue weighted by molar-refractivity contribution is 6.34. The molecular weight excluding hydrogens is 314 g/mol. The first-order chi connectivity index (χ1) is 10.9. The molecule has 1 aliphatic rings. The monoisotopic (exact) mass is 337 g/mol. The number of hydrogen-bond donors (Lipinski definition) is 1. The molecule has 1 aromatic carbocycles. The van der Waals surface area contributed by atoms with Gasteiger partial charge in [-0.25, -0.2) is 0 Å². The molecule has 126 valence electrons. The first-order valence-corrected chi connectivity index (χ1v) is 8.34. The van der Waals surface area contributed by atoms with Gasteiger partial charge in [0.1, 0.15) is 6.04 Å². The van der Waals surface area contributed by atoms with Crippen LogP contribution in [-0.4, -0.2) is 42.4 Å². The zero-order valence-electron chi connectivity index (χ0n) is 13.8. The van der Waals surface area contributed by atoms with E-state index in [4.69, 9.17) is 17.3 Å². The number of nitrogens with zero attached hydrogens (tertiary/aromatic N) is 2. The Morgan fingerprint density at radius 3 is 2.74 bits per heavy atom. The molecule has 5 nitrogen and oxygen atoms in total. The van der Waals surface area contributed by atoms with E-state index in [1.807, 2.05) is 32.0 Å². The summed E-state index contributed by atoms with van der Waals surface area (Å²) in [7, 11) is 1.66.